The normalized spacial score (nSPS) is 18.7. The lowest BCUT2D eigenvalue weighted by Gasteiger charge is -2.38. The van der Waals surface area contributed by atoms with Crippen LogP contribution in [-0.4, -0.2) is 23.9 Å². The summed E-state index contributed by atoms with van der Waals surface area (Å²) in [5.74, 6) is 0.248. The van der Waals surface area contributed by atoms with Crippen LogP contribution in [0, 0.1) is 5.92 Å². The molecule has 0 spiro atoms. The van der Waals surface area contributed by atoms with E-state index in [-0.39, 0.29) is 12.0 Å². The van der Waals surface area contributed by atoms with Crippen molar-refractivity contribution in [3.63, 3.8) is 0 Å². The van der Waals surface area contributed by atoms with Gasteiger partial charge < -0.3 is 9.84 Å². The molecule has 2 unspecified atom stereocenters. The highest BCUT2D eigenvalue weighted by atomic mass is 16.5. The molecule has 0 amide bonds. The van der Waals surface area contributed by atoms with Gasteiger partial charge in [-0.1, -0.05) is 34.1 Å². The minimum atomic E-state index is -0.655. The van der Waals surface area contributed by atoms with Gasteiger partial charge in [-0.2, -0.15) is 0 Å². The second-order valence-corrected chi connectivity index (χ2v) is 4.03. The SMILES string of the molecule is CCCC(O)(C(C)C)C(CC)OC. The second-order valence-electron chi connectivity index (χ2n) is 4.03. The molecule has 2 atom stereocenters. The predicted molar refractivity (Wildman–Crippen MR) is 55.8 cm³/mol. The van der Waals surface area contributed by atoms with Gasteiger partial charge in [0.15, 0.2) is 0 Å². The zero-order chi connectivity index (χ0) is 10.5. The number of hydrogen-bond acceptors (Lipinski definition) is 2. The maximum Gasteiger partial charge on any atom is 0.0930 e. The van der Waals surface area contributed by atoms with Crippen LogP contribution in [0.4, 0.5) is 0 Å². The Morgan fingerprint density at radius 3 is 2.08 bits per heavy atom. The van der Waals surface area contributed by atoms with E-state index >= 15 is 0 Å². The molecule has 2 nitrogen and oxygen atoms in total. The Hall–Kier alpha value is -0.0800. The third-order valence-corrected chi connectivity index (χ3v) is 2.86. The molecule has 13 heavy (non-hydrogen) atoms. The maximum atomic E-state index is 10.4. The molecule has 0 saturated carbocycles. The number of ether oxygens (including phenoxy) is 1. The van der Waals surface area contributed by atoms with E-state index in [4.69, 9.17) is 4.74 Å². The van der Waals surface area contributed by atoms with Crippen molar-refractivity contribution in [1.29, 1.82) is 0 Å². The molecule has 0 radical (unpaired) electrons. The molecule has 0 heterocycles. The van der Waals surface area contributed by atoms with E-state index in [0.29, 0.717) is 0 Å². The van der Waals surface area contributed by atoms with Crippen LogP contribution in [0.3, 0.4) is 0 Å². The van der Waals surface area contributed by atoms with Crippen LogP contribution in [0.5, 0.6) is 0 Å². The molecule has 0 fully saturated rings. The van der Waals surface area contributed by atoms with E-state index in [0.717, 1.165) is 19.3 Å². The highest BCUT2D eigenvalue weighted by Crippen LogP contribution is 2.29. The lowest BCUT2D eigenvalue weighted by atomic mass is 9.80. The molecule has 0 saturated heterocycles. The molecule has 0 aromatic rings. The van der Waals surface area contributed by atoms with Crippen LogP contribution < -0.4 is 0 Å². The third kappa shape index (κ3) is 2.96. The topological polar surface area (TPSA) is 29.5 Å². The first kappa shape index (κ1) is 12.9. The van der Waals surface area contributed by atoms with Gasteiger partial charge in [-0.25, -0.2) is 0 Å². The monoisotopic (exact) mass is 188 g/mol. The zero-order valence-electron chi connectivity index (χ0n) is 9.63. The van der Waals surface area contributed by atoms with Crippen molar-refractivity contribution in [3.8, 4) is 0 Å². The van der Waals surface area contributed by atoms with Crippen molar-refractivity contribution in [3.05, 3.63) is 0 Å². The summed E-state index contributed by atoms with van der Waals surface area (Å²) in [7, 11) is 1.68. The molecule has 0 bridgehead atoms. The smallest absolute Gasteiger partial charge is 0.0930 e. The maximum absolute atomic E-state index is 10.4. The molecule has 2 heteroatoms. The van der Waals surface area contributed by atoms with E-state index in [1.807, 2.05) is 0 Å². The Labute approximate surface area is 82.3 Å². The Kier molecular flexibility index (Phi) is 5.57. The van der Waals surface area contributed by atoms with Crippen molar-refractivity contribution in [2.45, 2.75) is 58.7 Å². The molecule has 80 valence electrons. The van der Waals surface area contributed by atoms with Crippen molar-refractivity contribution in [2.24, 2.45) is 5.92 Å². The molecule has 0 aliphatic carbocycles. The van der Waals surface area contributed by atoms with Crippen molar-refractivity contribution >= 4 is 0 Å². The van der Waals surface area contributed by atoms with Gasteiger partial charge in [0.1, 0.15) is 0 Å². The van der Waals surface area contributed by atoms with Crippen LogP contribution in [0.2, 0.25) is 0 Å². The Bertz CT molecular complexity index is 130. The minimum absolute atomic E-state index is 0.0348. The molecular formula is C11H24O2. The summed E-state index contributed by atoms with van der Waals surface area (Å²) in [6.07, 6.45) is 2.64. The molecule has 0 aromatic heterocycles. The van der Waals surface area contributed by atoms with Crippen LogP contribution in [-0.2, 0) is 4.74 Å². The summed E-state index contributed by atoms with van der Waals surface area (Å²) in [5.41, 5.74) is -0.655. The fraction of sp³-hybridized carbons (Fsp3) is 1.00. The standard InChI is InChI=1S/C11H24O2/c1-6-8-11(12,9(3)4)10(7-2)13-5/h9-10,12H,6-8H2,1-5H3. The lowest BCUT2D eigenvalue weighted by Crippen LogP contribution is -2.47. The van der Waals surface area contributed by atoms with E-state index < -0.39 is 5.60 Å². The van der Waals surface area contributed by atoms with E-state index in [1.54, 1.807) is 7.11 Å². The minimum Gasteiger partial charge on any atom is -0.387 e. The highest BCUT2D eigenvalue weighted by molar-refractivity contribution is 4.89. The molecular weight excluding hydrogens is 164 g/mol. The first-order valence-corrected chi connectivity index (χ1v) is 5.28. The van der Waals surface area contributed by atoms with Gasteiger partial charge in [-0.3, -0.25) is 0 Å². The number of methoxy groups -OCH3 is 1. The fourth-order valence-corrected chi connectivity index (χ4v) is 1.95. The van der Waals surface area contributed by atoms with E-state index in [2.05, 4.69) is 27.7 Å². The molecule has 1 N–H and O–H groups in total. The van der Waals surface area contributed by atoms with Gasteiger partial charge in [-0.05, 0) is 18.8 Å². The highest BCUT2D eigenvalue weighted by Gasteiger charge is 2.37. The van der Waals surface area contributed by atoms with Crippen molar-refractivity contribution in [1.82, 2.24) is 0 Å². The van der Waals surface area contributed by atoms with E-state index in [9.17, 15) is 5.11 Å². The van der Waals surface area contributed by atoms with Gasteiger partial charge in [0.05, 0.1) is 11.7 Å². The van der Waals surface area contributed by atoms with Crippen LogP contribution in [0.15, 0.2) is 0 Å². The Morgan fingerprint density at radius 2 is 1.85 bits per heavy atom. The number of hydrogen-bond donors (Lipinski definition) is 1. The number of rotatable bonds is 6. The second kappa shape index (κ2) is 5.61. The first-order chi connectivity index (χ1) is 6.02. The molecule has 0 aliphatic heterocycles. The lowest BCUT2D eigenvalue weighted by molar-refractivity contribution is -0.126. The number of aliphatic hydroxyl groups is 1. The third-order valence-electron chi connectivity index (χ3n) is 2.86. The van der Waals surface area contributed by atoms with E-state index in [1.165, 1.54) is 0 Å². The van der Waals surface area contributed by atoms with Gasteiger partial charge in [0.2, 0.25) is 0 Å². The van der Waals surface area contributed by atoms with Gasteiger partial charge in [0, 0.05) is 7.11 Å². The Balaban J connectivity index is 4.53. The summed E-state index contributed by atoms with van der Waals surface area (Å²) in [6, 6.07) is 0. The van der Waals surface area contributed by atoms with Crippen LogP contribution in [0.1, 0.15) is 47.0 Å². The fourth-order valence-electron chi connectivity index (χ4n) is 1.95. The summed E-state index contributed by atoms with van der Waals surface area (Å²) in [6.45, 7) is 8.25. The largest absolute Gasteiger partial charge is 0.387 e. The average Bonchev–Trinajstić information content (AvgIpc) is 2.06. The van der Waals surface area contributed by atoms with Crippen molar-refractivity contribution in [2.75, 3.05) is 7.11 Å². The Morgan fingerprint density at radius 1 is 1.31 bits per heavy atom. The van der Waals surface area contributed by atoms with Gasteiger partial charge in [0.25, 0.3) is 0 Å². The van der Waals surface area contributed by atoms with Crippen LogP contribution >= 0.6 is 0 Å². The summed E-state index contributed by atoms with van der Waals surface area (Å²) >= 11 is 0. The summed E-state index contributed by atoms with van der Waals surface area (Å²) < 4.78 is 5.33. The molecule has 0 aromatic carbocycles. The quantitative estimate of drug-likeness (QED) is 0.694. The van der Waals surface area contributed by atoms with Crippen LogP contribution in [0.25, 0.3) is 0 Å². The zero-order valence-corrected chi connectivity index (χ0v) is 9.63. The summed E-state index contributed by atoms with van der Waals surface area (Å²) in [4.78, 5) is 0. The molecule has 0 rings (SSSR count). The molecule has 0 aliphatic rings. The van der Waals surface area contributed by atoms with Crippen molar-refractivity contribution < 1.29 is 9.84 Å². The van der Waals surface area contributed by atoms with Gasteiger partial charge >= 0.3 is 0 Å². The average molecular weight is 188 g/mol. The summed E-state index contributed by atoms with van der Waals surface area (Å²) in [5, 5.41) is 10.4. The first-order valence-electron chi connectivity index (χ1n) is 5.28. The predicted octanol–water partition coefficient (Wildman–Crippen LogP) is 2.60. The van der Waals surface area contributed by atoms with Gasteiger partial charge in [-0.15, -0.1) is 0 Å².